The summed E-state index contributed by atoms with van der Waals surface area (Å²) < 4.78 is 1.83. The normalized spacial score (nSPS) is 19.1. The highest BCUT2D eigenvalue weighted by Gasteiger charge is 2.17. The summed E-state index contributed by atoms with van der Waals surface area (Å²) in [5.41, 5.74) is 0. The van der Waals surface area contributed by atoms with Crippen molar-refractivity contribution in [3.8, 4) is 0 Å². The molecular weight excluding hydrogens is 254 g/mol. The van der Waals surface area contributed by atoms with Crippen LogP contribution >= 0.6 is 0 Å². The number of likely N-dealkylation sites (tertiary alicyclic amines) is 1. The van der Waals surface area contributed by atoms with Gasteiger partial charge in [-0.3, -0.25) is 9.69 Å². The first kappa shape index (κ1) is 15.0. The number of nitrogens with zero attached hydrogens (tertiary/aromatic N) is 4. The number of carbonyl (C=O) groups excluding carboxylic acids is 1. The first-order valence-corrected chi connectivity index (χ1v) is 7.52. The second-order valence-electron chi connectivity index (χ2n) is 5.63. The second kappa shape index (κ2) is 7.38. The summed E-state index contributed by atoms with van der Waals surface area (Å²) >= 11 is 0. The number of nitrogens with one attached hydrogen (secondary N) is 1. The highest BCUT2D eigenvalue weighted by atomic mass is 16.2. The zero-order valence-corrected chi connectivity index (χ0v) is 12.5. The summed E-state index contributed by atoms with van der Waals surface area (Å²) in [7, 11) is 1.89. The van der Waals surface area contributed by atoms with Crippen LogP contribution in [0.25, 0.3) is 0 Å². The van der Waals surface area contributed by atoms with Crippen molar-refractivity contribution < 1.29 is 4.79 Å². The van der Waals surface area contributed by atoms with Gasteiger partial charge in [-0.05, 0) is 32.9 Å². The molecule has 2 rings (SSSR count). The van der Waals surface area contributed by atoms with Crippen LogP contribution in [0.3, 0.4) is 0 Å². The Bertz CT molecular complexity index is 423. The second-order valence-corrected chi connectivity index (χ2v) is 5.63. The molecule has 0 unspecified atom stereocenters. The Morgan fingerprint density at radius 3 is 2.55 bits per heavy atom. The van der Waals surface area contributed by atoms with Crippen LogP contribution in [0.2, 0.25) is 0 Å². The first-order valence-electron chi connectivity index (χ1n) is 7.52. The van der Waals surface area contributed by atoms with Gasteiger partial charge in [0, 0.05) is 7.05 Å². The lowest BCUT2D eigenvalue weighted by molar-refractivity contribution is -0.123. The molecule has 0 bridgehead atoms. The van der Waals surface area contributed by atoms with Crippen LogP contribution in [0.15, 0.2) is 6.33 Å². The van der Waals surface area contributed by atoms with E-state index >= 15 is 0 Å². The fraction of sp³-hybridized carbons (Fsp3) is 0.786. The fourth-order valence-corrected chi connectivity index (χ4v) is 2.71. The van der Waals surface area contributed by atoms with E-state index in [-0.39, 0.29) is 11.9 Å². The molecule has 6 heteroatoms. The average molecular weight is 279 g/mol. The topological polar surface area (TPSA) is 63.1 Å². The van der Waals surface area contributed by atoms with Crippen molar-refractivity contribution in [3.63, 3.8) is 0 Å². The molecule has 20 heavy (non-hydrogen) atoms. The Hall–Kier alpha value is -1.43. The van der Waals surface area contributed by atoms with Gasteiger partial charge in [0.1, 0.15) is 6.33 Å². The molecule has 1 fully saturated rings. The largest absolute Gasteiger partial charge is 0.345 e. The van der Waals surface area contributed by atoms with Crippen LogP contribution in [-0.2, 0) is 11.8 Å². The van der Waals surface area contributed by atoms with Crippen molar-refractivity contribution in [1.82, 2.24) is 25.0 Å². The summed E-state index contributed by atoms with van der Waals surface area (Å²) in [4.78, 5) is 14.4. The van der Waals surface area contributed by atoms with Crippen molar-refractivity contribution in [2.75, 3.05) is 19.6 Å². The van der Waals surface area contributed by atoms with E-state index in [1.807, 2.05) is 18.5 Å². The standard InChI is InChI=1S/C14H25N5O/c1-12(14-17-15-11-18(14)2)16-13(20)10-19-8-6-4-3-5-7-9-19/h11-12H,3-10H2,1-2H3,(H,16,20)/t12-/m0/s1. The van der Waals surface area contributed by atoms with Gasteiger partial charge in [0.15, 0.2) is 5.82 Å². The average Bonchev–Trinajstić information content (AvgIpc) is 2.78. The first-order chi connectivity index (χ1) is 9.66. The van der Waals surface area contributed by atoms with Gasteiger partial charge in [-0.1, -0.05) is 19.3 Å². The molecule has 6 nitrogen and oxygen atoms in total. The fourth-order valence-electron chi connectivity index (χ4n) is 2.71. The zero-order chi connectivity index (χ0) is 14.4. The molecule has 1 amide bonds. The van der Waals surface area contributed by atoms with Crippen molar-refractivity contribution >= 4 is 5.91 Å². The molecule has 1 N–H and O–H groups in total. The number of aromatic nitrogens is 3. The third-order valence-electron chi connectivity index (χ3n) is 3.83. The highest BCUT2D eigenvalue weighted by Crippen LogP contribution is 2.11. The molecule has 0 saturated carbocycles. The van der Waals surface area contributed by atoms with Crippen molar-refractivity contribution in [2.24, 2.45) is 7.05 Å². The maximum Gasteiger partial charge on any atom is 0.234 e. The summed E-state index contributed by atoms with van der Waals surface area (Å²) in [6.45, 7) is 4.50. The van der Waals surface area contributed by atoms with Crippen LogP contribution in [0, 0.1) is 0 Å². The Kier molecular flexibility index (Phi) is 5.52. The van der Waals surface area contributed by atoms with Gasteiger partial charge in [-0.25, -0.2) is 0 Å². The van der Waals surface area contributed by atoms with Crippen molar-refractivity contribution in [2.45, 2.75) is 45.1 Å². The van der Waals surface area contributed by atoms with Crippen LogP contribution in [0.5, 0.6) is 0 Å². The molecule has 112 valence electrons. The maximum absolute atomic E-state index is 12.1. The Morgan fingerprint density at radius 2 is 1.95 bits per heavy atom. The van der Waals surface area contributed by atoms with E-state index < -0.39 is 0 Å². The lowest BCUT2D eigenvalue weighted by atomic mass is 10.1. The van der Waals surface area contributed by atoms with Crippen molar-refractivity contribution in [1.29, 1.82) is 0 Å². The highest BCUT2D eigenvalue weighted by molar-refractivity contribution is 5.78. The molecule has 1 aromatic rings. The van der Waals surface area contributed by atoms with E-state index in [0.29, 0.717) is 6.54 Å². The number of carbonyl (C=O) groups is 1. The summed E-state index contributed by atoms with van der Waals surface area (Å²) in [6, 6.07) is -0.107. The van der Waals surface area contributed by atoms with Gasteiger partial charge in [0.25, 0.3) is 0 Å². The summed E-state index contributed by atoms with van der Waals surface area (Å²) in [6.07, 6.45) is 7.96. The lowest BCUT2D eigenvalue weighted by Gasteiger charge is -2.24. The molecule has 0 radical (unpaired) electrons. The number of aryl methyl sites for hydroxylation is 1. The smallest absolute Gasteiger partial charge is 0.234 e. The predicted octanol–water partition coefficient (Wildman–Crippen LogP) is 1.26. The van der Waals surface area contributed by atoms with Gasteiger partial charge in [0.05, 0.1) is 12.6 Å². The third kappa shape index (κ3) is 4.30. The van der Waals surface area contributed by atoms with E-state index in [9.17, 15) is 4.79 Å². The van der Waals surface area contributed by atoms with E-state index in [1.165, 1.54) is 32.1 Å². The van der Waals surface area contributed by atoms with Crippen LogP contribution < -0.4 is 5.32 Å². The molecule has 1 atom stereocenters. The van der Waals surface area contributed by atoms with E-state index in [2.05, 4.69) is 20.4 Å². The molecule has 1 aliphatic rings. The maximum atomic E-state index is 12.1. The molecular formula is C14H25N5O. The van der Waals surface area contributed by atoms with Gasteiger partial charge < -0.3 is 9.88 Å². The van der Waals surface area contributed by atoms with E-state index in [1.54, 1.807) is 6.33 Å². The van der Waals surface area contributed by atoms with Gasteiger partial charge in [-0.2, -0.15) is 0 Å². The molecule has 0 aliphatic carbocycles. The summed E-state index contributed by atoms with van der Waals surface area (Å²) in [5, 5.41) is 10.9. The monoisotopic (exact) mass is 279 g/mol. The van der Waals surface area contributed by atoms with Crippen LogP contribution in [0.1, 0.15) is 50.9 Å². The Morgan fingerprint density at radius 1 is 1.30 bits per heavy atom. The molecule has 0 aromatic carbocycles. The number of amides is 1. The molecule has 2 heterocycles. The Labute approximate surface area is 120 Å². The van der Waals surface area contributed by atoms with Crippen LogP contribution in [0.4, 0.5) is 0 Å². The number of hydrogen-bond acceptors (Lipinski definition) is 4. The van der Waals surface area contributed by atoms with E-state index in [4.69, 9.17) is 0 Å². The molecule has 1 aromatic heterocycles. The van der Waals surface area contributed by atoms with Gasteiger partial charge >= 0.3 is 0 Å². The number of rotatable bonds is 4. The van der Waals surface area contributed by atoms with Crippen molar-refractivity contribution in [3.05, 3.63) is 12.2 Å². The van der Waals surface area contributed by atoms with Gasteiger partial charge in [0.2, 0.25) is 5.91 Å². The molecule has 0 spiro atoms. The van der Waals surface area contributed by atoms with Gasteiger partial charge in [-0.15, -0.1) is 10.2 Å². The van der Waals surface area contributed by atoms with Crippen LogP contribution in [-0.4, -0.2) is 45.2 Å². The molecule has 1 aliphatic heterocycles. The SMILES string of the molecule is C[C@H](NC(=O)CN1CCCCCCC1)c1nncn1C. The third-order valence-corrected chi connectivity index (χ3v) is 3.83. The summed E-state index contributed by atoms with van der Waals surface area (Å²) in [5.74, 6) is 0.854. The lowest BCUT2D eigenvalue weighted by Crippen LogP contribution is -2.40. The zero-order valence-electron chi connectivity index (χ0n) is 12.5. The minimum absolute atomic E-state index is 0.0704. The number of hydrogen-bond donors (Lipinski definition) is 1. The molecule has 1 saturated heterocycles. The Balaban J connectivity index is 1.80. The quantitative estimate of drug-likeness (QED) is 0.901. The minimum Gasteiger partial charge on any atom is -0.345 e. The minimum atomic E-state index is -0.107. The van der Waals surface area contributed by atoms with E-state index in [0.717, 1.165) is 18.9 Å². The predicted molar refractivity (Wildman–Crippen MR) is 77.1 cm³/mol.